The molecule has 1 amide bonds. The molecule has 37 heavy (non-hydrogen) atoms. The fourth-order valence-corrected chi connectivity index (χ4v) is 5.50. The molecule has 7 nitrogen and oxygen atoms in total. The van der Waals surface area contributed by atoms with Gasteiger partial charge in [-0.25, -0.2) is 15.0 Å². The van der Waals surface area contributed by atoms with Crippen LogP contribution in [-0.2, 0) is 13.0 Å². The molecule has 0 atom stereocenters. The predicted octanol–water partition coefficient (Wildman–Crippen LogP) is 5.73. The van der Waals surface area contributed by atoms with Crippen molar-refractivity contribution in [2.24, 2.45) is 0 Å². The Labute approximate surface area is 218 Å². The van der Waals surface area contributed by atoms with E-state index in [1.54, 1.807) is 10.4 Å². The summed E-state index contributed by atoms with van der Waals surface area (Å²) in [5, 5.41) is 13.8. The number of aromatic hydroxyl groups is 1. The van der Waals surface area contributed by atoms with Crippen LogP contribution in [0.5, 0.6) is 5.75 Å². The molecule has 5 aromatic rings. The van der Waals surface area contributed by atoms with Crippen molar-refractivity contribution in [1.82, 2.24) is 19.9 Å². The Bertz CT molecular complexity index is 1630. The van der Waals surface area contributed by atoms with E-state index in [1.165, 1.54) is 11.3 Å². The number of aromatic nitrogens is 3. The number of rotatable bonds is 4. The molecule has 0 saturated heterocycles. The van der Waals surface area contributed by atoms with E-state index in [9.17, 15) is 9.90 Å². The standard InChI is InChI=1S/C29H25N5O2S/c1-18-7-3-6-10-24(18)33(2)25-12-11-19-15-34(14-13-20(19)27(25)35)29(36)26-21-8-4-5-9-22(21)31-28(32-26)23-16-37-17-30-23/h3-12,16-17,35H,13-15H2,1-2H3. The maximum absolute atomic E-state index is 13.8. The molecule has 0 spiro atoms. The molecular formula is C29H25N5O2S. The Morgan fingerprint density at radius 2 is 1.84 bits per heavy atom. The summed E-state index contributed by atoms with van der Waals surface area (Å²) in [5.41, 5.74) is 8.22. The Morgan fingerprint density at radius 3 is 2.65 bits per heavy atom. The zero-order valence-corrected chi connectivity index (χ0v) is 21.4. The van der Waals surface area contributed by atoms with Gasteiger partial charge in [0.15, 0.2) is 5.82 Å². The molecule has 1 aliphatic heterocycles. The van der Waals surface area contributed by atoms with Crippen molar-refractivity contribution >= 4 is 39.5 Å². The third-order valence-corrected chi connectivity index (χ3v) is 7.53. The highest BCUT2D eigenvalue weighted by Gasteiger charge is 2.28. The average molecular weight is 508 g/mol. The average Bonchev–Trinajstić information content (AvgIpc) is 3.47. The minimum Gasteiger partial charge on any atom is -0.505 e. The van der Waals surface area contributed by atoms with Crippen LogP contribution < -0.4 is 4.90 Å². The summed E-state index contributed by atoms with van der Waals surface area (Å²) < 4.78 is 0. The molecule has 1 N–H and O–H groups in total. The molecule has 0 saturated carbocycles. The fourth-order valence-electron chi connectivity index (χ4n) is 4.96. The van der Waals surface area contributed by atoms with Gasteiger partial charge in [0.1, 0.15) is 17.1 Å². The number of fused-ring (bicyclic) bond motifs is 2. The van der Waals surface area contributed by atoms with E-state index in [2.05, 4.69) is 27.9 Å². The van der Waals surface area contributed by atoms with Gasteiger partial charge in [0, 0.05) is 42.2 Å². The van der Waals surface area contributed by atoms with Crippen LogP contribution >= 0.6 is 11.3 Å². The number of benzene rings is 3. The number of hydrogen-bond donors (Lipinski definition) is 1. The SMILES string of the molecule is Cc1ccccc1N(C)c1ccc2c(c1O)CCN(C(=O)c1nc(-c3cscn3)nc3ccccc13)C2. The van der Waals surface area contributed by atoms with Gasteiger partial charge in [0.25, 0.3) is 5.91 Å². The lowest BCUT2D eigenvalue weighted by atomic mass is 9.96. The summed E-state index contributed by atoms with van der Waals surface area (Å²) in [6.45, 7) is 2.95. The lowest BCUT2D eigenvalue weighted by Crippen LogP contribution is -2.36. The number of amides is 1. The zero-order valence-electron chi connectivity index (χ0n) is 20.5. The van der Waals surface area contributed by atoms with Crippen molar-refractivity contribution in [3.63, 3.8) is 0 Å². The number of aryl methyl sites for hydroxylation is 1. The van der Waals surface area contributed by atoms with E-state index in [-0.39, 0.29) is 11.7 Å². The highest BCUT2D eigenvalue weighted by atomic mass is 32.1. The highest BCUT2D eigenvalue weighted by molar-refractivity contribution is 7.07. The molecule has 8 heteroatoms. The van der Waals surface area contributed by atoms with E-state index in [0.717, 1.165) is 33.5 Å². The first-order chi connectivity index (χ1) is 18.0. The van der Waals surface area contributed by atoms with E-state index in [4.69, 9.17) is 0 Å². The summed E-state index contributed by atoms with van der Waals surface area (Å²) >= 11 is 1.46. The van der Waals surface area contributed by atoms with Crippen molar-refractivity contribution in [3.05, 3.63) is 93.9 Å². The fraction of sp³-hybridized carbons (Fsp3) is 0.172. The summed E-state index contributed by atoms with van der Waals surface area (Å²) in [5.74, 6) is 0.567. The minimum atomic E-state index is -0.152. The molecule has 0 unspecified atom stereocenters. The van der Waals surface area contributed by atoms with Gasteiger partial charge in [0.2, 0.25) is 0 Å². The second-order valence-electron chi connectivity index (χ2n) is 9.18. The van der Waals surface area contributed by atoms with Crippen molar-refractivity contribution in [3.8, 4) is 17.3 Å². The van der Waals surface area contributed by atoms with Crippen molar-refractivity contribution in [2.45, 2.75) is 19.9 Å². The van der Waals surface area contributed by atoms with Gasteiger partial charge < -0.3 is 14.9 Å². The Balaban J connectivity index is 1.33. The van der Waals surface area contributed by atoms with Gasteiger partial charge in [-0.1, -0.05) is 42.5 Å². The predicted molar refractivity (Wildman–Crippen MR) is 146 cm³/mol. The van der Waals surface area contributed by atoms with Crippen LogP contribution in [0.2, 0.25) is 0 Å². The summed E-state index contributed by atoms with van der Waals surface area (Å²) in [6.07, 6.45) is 0.560. The first-order valence-corrected chi connectivity index (χ1v) is 13.0. The number of carbonyl (C=O) groups excluding carboxylic acids is 1. The molecule has 0 aliphatic carbocycles. The summed E-state index contributed by atoms with van der Waals surface area (Å²) in [7, 11) is 1.96. The third kappa shape index (κ3) is 4.09. The van der Waals surface area contributed by atoms with Crippen LogP contribution in [0.3, 0.4) is 0 Å². The minimum absolute atomic E-state index is 0.152. The van der Waals surface area contributed by atoms with E-state index in [1.807, 2.05) is 71.9 Å². The van der Waals surface area contributed by atoms with Gasteiger partial charge >= 0.3 is 0 Å². The molecule has 0 bridgehead atoms. The molecule has 2 aromatic heterocycles. The first-order valence-electron chi connectivity index (χ1n) is 12.1. The molecule has 3 aromatic carbocycles. The van der Waals surface area contributed by atoms with Gasteiger partial charge in [-0.3, -0.25) is 4.79 Å². The molecule has 184 valence electrons. The van der Waals surface area contributed by atoms with Crippen LogP contribution in [0.4, 0.5) is 11.4 Å². The topological polar surface area (TPSA) is 82.5 Å². The Kier molecular flexibility index (Phi) is 5.81. The van der Waals surface area contributed by atoms with Crippen LogP contribution in [0.25, 0.3) is 22.4 Å². The van der Waals surface area contributed by atoms with Gasteiger partial charge in [-0.2, -0.15) is 0 Å². The van der Waals surface area contributed by atoms with E-state index < -0.39 is 0 Å². The van der Waals surface area contributed by atoms with Crippen LogP contribution in [0.1, 0.15) is 27.2 Å². The van der Waals surface area contributed by atoms with Crippen LogP contribution in [0, 0.1) is 6.92 Å². The molecule has 1 aliphatic rings. The quantitative estimate of drug-likeness (QED) is 0.334. The number of para-hydroxylation sites is 2. The highest BCUT2D eigenvalue weighted by Crippen LogP contribution is 2.39. The number of phenolic OH excluding ortho intramolecular Hbond substituents is 1. The zero-order chi connectivity index (χ0) is 25.5. The number of phenols is 1. The van der Waals surface area contributed by atoms with Gasteiger partial charge in [0.05, 0.1) is 16.7 Å². The maximum Gasteiger partial charge on any atom is 0.273 e. The summed E-state index contributed by atoms with van der Waals surface area (Å²) in [6, 6.07) is 19.6. The molecule has 0 fully saturated rings. The Hall–Kier alpha value is -4.30. The Morgan fingerprint density at radius 1 is 1.03 bits per heavy atom. The van der Waals surface area contributed by atoms with Gasteiger partial charge in [-0.05, 0) is 42.7 Å². The first kappa shape index (κ1) is 23.1. The smallest absolute Gasteiger partial charge is 0.273 e. The normalized spacial score (nSPS) is 13.0. The number of anilines is 2. The second kappa shape index (κ2) is 9.29. The second-order valence-corrected chi connectivity index (χ2v) is 9.90. The molecular weight excluding hydrogens is 482 g/mol. The lowest BCUT2D eigenvalue weighted by Gasteiger charge is -2.31. The number of thiazole rings is 1. The third-order valence-electron chi connectivity index (χ3n) is 6.94. The van der Waals surface area contributed by atoms with Crippen LogP contribution in [0.15, 0.2) is 71.6 Å². The molecule has 0 radical (unpaired) electrons. The van der Waals surface area contributed by atoms with Gasteiger partial charge in [-0.15, -0.1) is 11.3 Å². The monoisotopic (exact) mass is 507 g/mol. The lowest BCUT2D eigenvalue weighted by molar-refractivity contribution is 0.0730. The van der Waals surface area contributed by atoms with Crippen LogP contribution in [-0.4, -0.2) is 44.5 Å². The number of nitrogens with zero attached hydrogens (tertiary/aromatic N) is 5. The van der Waals surface area contributed by atoms with Crippen molar-refractivity contribution in [1.29, 1.82) is 0 Å². The molecule has 6 rings (SSSR count). The van der Waals surface area contributed by atoms with E-state index >= 15 is 0 Å². The van der Waals surface area contributed by atoms with Crippen molar-refractivity contribution < 1.29 is 9.90 Å². The number of hydrogen-bond acceptors (Lipinski definition) is 7. The largest absolute Gasteiger partial charge is 0.505 e. The van der Waals surface area contributed by atoms with E-state index in [0.29, 0.717) is 42.2 Å². The maximum atomic E-state index is 13.8. The number of carbonyl (C=O) groups is 1. The summed E-state index contributed by atoms with van der Waals surface area (Å²) in [4.78, 5) is 31.2. The molecule has 3 heterocycles. The van der Waals surface area contributed by atoms with Crippen molar-refractivity contribution in [2.75, 3.05) is 18.5 Å².